The number of aryl methyl sites for hydroxylation is 1. The fraction of sp³-hybridized carbons (Fsp3) is 0.100. The lowest BCUT2D eigenvalue weighted by Crippen LogP contribution is -1.72. The Balaban J connectivity index is 2.79. The number of rotatable bonds is 1. The van der Waals surface area contributed by atoms with E-state index in [1.165, 1.54) is 0 Å². The van der Waals surface area contributed by atoms with Gasteiger partial charge in [-0.05, 0) is 24.6 Å². The van der Waals surface area contributed by atoms with Gasteiger partial charge in [0.05, 0.1) is 5.69 Å². The summed E-state index contributed by atoms with van der Waals surface area (Å²) < 4.78 is 5.06. The second-order valence-electron chi connectivity index (χ2n) is 2.73. The average molecular weight is 159 g/mol. The van der Waals surface area contributed by atoms with E-state index < -0.39 is 0 Å². The predicted octanol–water partition coefficient (Wildman–Crippen LogP) is 2.78. The number of fused-ring (bicyclic) bond motifs is 1. The molecule has 0 saturated carbocycles. The molecule has 2 heteroatoms. The minimum Gasteiger partial charge on any atom is -0.356 e. The summed E-state index contributed by atoms with van der Waals surface area (Å²) in [6.07, 6.45) is 1.81. The number of hydrogen-bond acceptors (Lipinski definition) is 2. The van der Waals surface area contributed by atoms with Gasteiger partial charge in [-0.3, -0.25) is 0 Å². The molecule has 0 atom stereocenters. The van der Waals surface area contributed by atoms with E-state index in [0.29, 0.717) is 0 Å². The van der Waals surface area contributed by atoms with Crippen LogP contribution in [-0.4, -0.2) is 5.16 Å². The zero-order chi connectivity index (χ0) is 8.55. The lowest BCUT2D eigenvalue weighted by atomic mass is 10.1. The fourth-order valence-electron chi connectivity index (χ4n) is 1.20. The van der Waals surface area contributed by atoms with Crippen molar-refractivity contribution in [1.29, 1.82) is 0 Å². The maximum atomic E-state index is 5.06. The second kappa shape index (κ2) is 2.48. The normalized spacial score (nSPS) is 10.4. The third-order valence-corrected chi connectivity index (χ3v) is 1.91. The zero-order valence-corrected chi connectivity index (χ0v) is 6.87. The molecule has 0 aliphatic heterocycles. The summed E-state index contributed by atoms with van der Waals surface area (Å²) in [6, 6.07) is 5.89. The van der Waals surface area contributed by atoms with Gasteiger partial charge in [0.15, 0.2) is 5.58 Å². The van der Waals surface area contributed by atoms with Crippen molar-refractivity contribution < 1.29 is 4.52 Å². The largest absolute Gasteiger partial charge is 0.356 e. The summed E-state index contributed by atoms with van der Waals surface area (Å²) in [7, 11) is 0. The minimum atomic E-state index is 0.832. The SMILES string of the molecule is C=Cc1ccc2onc(C)c2c1. The van der Waals surface area contributed by atoms with Crippen LogP contribution < -0.4 is 0 Å². The minimum absolute atomic E-state index is 0.832. The molecule has 1 aromatic heterocycles. The van der Waals surface area contributed by atoms with Gasteiger partial charge in [-0.1, -0.05) is 23.9 Å². The number of benzene rings is 1. The molecule has 2 rings (SSSR count). The molecule has 0 aliphatic carbocycles. The highest BCUT2D eigenvalue weighted by Crippen LogP contribution is 2.19. The number of nitrogens with zero attached hydrogens (tertiary/aromatic N) is 1. The quantitative estimate of drug-likeness (QED) is 0.639. The van der Waals surface area contributed by atoms with Crippen LogP contribution in [0.5, 0.6) is 0 Å². The van der Waals surface area contributed by atoms with E-state index in [-0.39, 0.29) is 0 Å². The third kappa shape index (κ3) is 0.925. The van der Waals surface area contributed by atoms with Crippen molar-refractivity contribution in [3.8, 4) is 0 Å². The van der Waals surface area contributed by atoms with Crippen LogP contribution in [0, 0.1) is 6.92 Å². The highest BCUT2D eigenvalue weighted by Gasteiger charge is 2.02. The highest BCUT2D eigenvalue weighted by molar-refractivity contribution is 5.81. The first-order chi connectivity index (χ1) is 5.81. The molecule has 0 fully saturated rings. The zero-order valence-electron chi connectivity index (χ0n) is 6.87. The van der Waals surface area contributed by atoms with Crippen molar-refractivity contribution in [3.63, 3.8) is 0 Å². The van der Waals surface area contributed by atoms with E-state index in [4.69, 9.17) is 4.52 Å². The predicted molar refractivity (Wildman–Crippen MR) is 48.8 cm³/mol. The van der Waals surface area contributed by atoms with Gasteiger partial charge in [0.2, 0.25) is 0 Å². The molecule has 1 aromatic carbocycles. The monoisotopic (exact) mass is 159 g/mol. The van der Waals surface area contributed by atoms with E-state index in [1.807, 2.05) is 31.2 Å². The van der Waals surface area contributed by atoms with E-state index in [0.717, 1.165) is 22.2 Å². The Labute approximate surface area is 70.5 Å². The Morgan fingerprint density at radius 1 is 1.50 bits per heavy atom. The van der Waals surface area contributed by atoms with Crippen molar-refractivity contribution in [1.82, 2.24) is 5.16 Å². The summed E-state index contributed by atoms with van der Waals surface area (Å²) in [5.41, 5.74) is 2.85. The Hall–Kier alpha value is -1.57. The molecule has 0 amide bonds. The summed E-state index contributed by atoms with van der Waals surface area (Å²) in [6.45, 7) is 5.63. The van der Waals surface area contributed by atoms with Crippen LogP contribution in [0.25, 0.3) is 17.0 Å². The standard InChI is InChI=1S/C10H9NO/c1-3-8-4-5-10-9(6-8)7(2)11-12-10/h3-6H,1H2,2H3. The van der Waals surface area contributed by atoms with Crippen LogP contribution in [0.4, 0.5) is 0 Å². The van der Waals surface area contributed by atoms with Crippen LogP contribution in [0.3, 0.4) is 0 Å². The summed E-state index contributed by atoms with van der Waals surface area (Å²) >= 11 is 0. The number of aromatic nitrogens is 1. The maximum absolute atomic E-state index is 5.06. The van der Waals surface area contributed by atoms with Gasteiger partial charge in [-0.15, -0.1) is 0 Å². The molecular weight excluding hydrogens is 150 g/mol. The van der Waals surface area contributed by atoms with Crippen molar-refractivity contribution in [3.05, 3.63) is 36.0 Å². The third-order valence-electron chi connectivity index (χ3n) is 1.91. The summed E-state index contributed by atoms with van der Waals surface area (Å²) in [5.74, 6) is 0. The molecule has 0 N–H and O–H groups in total. The Bertz CT molecular complexity index is 428. The molecule has 0 bridgehead atoms. The van der Waals surface area contributed by atoms with Gasteiger partial charge in [-0.25, -0.2) is 0 Å². The van der Waals surface area contributed by atoms with E-state index >= 15 is 0 Å². The van der Waals surface area contributed by atoms with Crippen molar-refractivity contribution in [2.45, 2.75) is 6.92 Å². The average Bonchev–Trinajstić information content (AvgIpc) is 2.47. The molecule has 12 heavy (non-hydrogen) atoms. The molecule has 2 aromatic rings. The van der Waals surface area contributed by atoms with Crippen LogP contribution in [0.2, 0.25) is 0 Å². The van der Waals surface area contributed by atoms with Gasteiger partial charge < -0.3 is 4.52 Å². The van der Waals surface area contributed by atoms with Crippen LogP contribution in [0.15, 0.2) is 29.3 Å². The first-order valence-electron chi connectivity index (χ1n) is 3.80. The fourth-order valence-corrected chi connectivity index (χ4v) is 1.20. The van der Waals surface area contributed by atoms with E-state index in [2.05, 4.69) is 11.7 Å². The maximum Gasteiger partial charge on any atom is 0.167 e. The number of hydrogen-bond donors (Lipinski definition) is 0. The summed E-state index contributed by atoms with van der Waals surface area (Å²) in [4.78, 5) is 0. The van der Waals surface area contributed by atoms with Gasteiger partial charge in [0.25, 0.3) is 0 Å². The first kappa shape index (κ1) is 7.10. The van der Waals surface area contributed by atoms with Crippen LogP contribution in [0.1, 0.15) is 11.3 Å². The van der Waals surface area contributed by atoms with E-state index in [9.17, 15) is 0 Å². The smallest absolute Gasteiger partial charge is 0.167 e. The molecule has 0 spiro atoms. The topological polar surface area (TPSA) is 26.0 Å². The van der Waals surface area contributed by atoms with Gasteiger partial charge in [0.1, 0.15) is 0 Å². The lowest BCUT2D eigenvalue weighted by Gasteiger charge is -1.90. The van der Waals surface area contributed by atoms with Crippen molar-refractivity contribution in [2.24, 2.45) is 0 Å². The Morgan fingerprint density at radius 2 is 2.33 bits per heavy atom. The van der Waals surface area contributed by atoms with Crippen molar-refractivity contribution >= 4 is 17.0 Å². The molecule has 0 saturated heterocycles. The van der Waals surface area contributed by atoms with Crippen molar-refractivity contribution in [2.75, 3.05) is 0 Å². The molecule has 0 radical (unpaired) electrons. The second-order valence-corrected chi connectivity index (χ2v) is 2.73. The molecule has 60 valence electrons. The molecular formula is C10H9NO. The molecule has 0 aliphatic rings. The Kier molecular flexibility index (Phi) is 1.47. The van der Waals surface area contributed by atoms with Gasteiger partial charge in [0, 0.05) is 5.39 Å². The highest BCUT2D eigenvalue weighted by atomic mass is 16.5. The summed E-state index contributed by atoms with van der Waals surface area (Å²) in [5, 5.41) is 4.92. The molecule has 1 heterocycles. The molecule has 0 unspecified atom stereocenters. The first-order valence-corrected chi connectivity index (χ1v) is 3.80. The Morgan fingerprint density at radius 3 is 3.08 bits per heavy atom. The van der Waals surface area contributed by atoms with E-state index in [1.54, 1.807) is 0 Å². The van der Waals surface area contributed by atoms with Gasteiger partial charge >= 0.3 is 0 Å². The lowest BCUT2D eigenvalue weighted by molar-refractivity contribution is 0.450. The van der Waals surface area contributed by atoms with Crippen LogP contribution >= 0.6 is 0 Å². The van der Waals surface area contributed by atoms with Gasteiger partial charge in [-0.2, -0.15) is 0 Å². The molecule has 2 nitrogen and oxygen atoms in total. The van der Waals surface area contributed by atoms with Crippen LogP contribution in [-0.2, 0) is 0 Å².